The summed E-state index contributed by atoms with van der Waals surface area (Å²) in [6.07, 6.45) is 2.37. The van der Waals surface area contributed by atoms with Crippen LogP contribution in [0.2, 0.25) is 0 Å². The SMILES string of the molecule is O=C(NCCc1nccs1)[C@@]1(O)CCN(c2ccccc2)C1=O. The van der Waals surface area contributed by atoms with E-state index < -0.39 is 17.4 Å². The summed E-state index contributed by atoms with van der Waals surface area (Å²) >= 11 is 1.50. The highest BCUT2D eigenvalue weighted by atomic mass is 32.1. The van der Waals surface area contributed by atoms with E-state index in [1.165, 1.54) is 16.2 Å². The van der Waals surface area contributed by atoms with E-state index >= 15 is 0 Å². The second-order valence-electron chi connectivity index (χ2n) is 5.33. The Balaban J connectivity index is 1.62. The number of carbonyl (C=O) groups is 2. The molecule has 0 aliphatic carbocycles. The number of carbonyl (C=O) groups excluding carboxylic acids is 2. The van der Waals surface area contributed by atoms with E-state index in [1.54, 1.807) is 18.3 Å². The number of anilines is 1. The Hall–Kier alpha value is -2.25. The van der Waals surface area contributed by atoms with Gasteiger partial charge in [-0.25, -0.2) is 4.98 Å². The molecule has 1 atom stereocenters. The van der Waals surface area contributed by atoms with Crippen LogP contribution in [0.5, 0.6) is 0 Å². The number of thiazole rings is 1. The van der Waals surface area contributed by atoms with Gasteiger partial charge in [0.2, 0.25) is 5.60 Å². The predicted octanol–water partition coefficient (Wildman–Crippen LogP) is 0.970. The first-order valence-corrected chi connectivity index (χ1v) is 8.25. The van der Waals surface area contributed by atoms with Crippen LogP contribution in [0.15, 0.2) is 41.9 Å². The molecule has 1 aliphatic heterocycles. The monoisotopic (exact) mass is 331 g/mol. The van der Waals surface area contributed by atoms with Crippen molar-refractivity contribution < 1.29 is 14.7 Å². The number of aromatic nitrogens is 1. The van der Waals surface area contributed by atoms with Gasteiger partial charge in [-0.3, -0.25) is 9.59 Å². The van der Waals surface area contributed by atoms with Crippen LogP contribution >= 0.6 is 11.3 Å². The lowest BCUT2D eigenvalue weighted by atomic mass is 10.0. The van der Waals surface area contributed by atoms with E-state index in [9.17, 15) is 14.7 Å². The van der Waals surface area contributed by atoms with Crippen molar-refractivity contribution in [2.75, 3.05) is 18.0 Å². The zero-order chi connectivity index (χ0) is 16.3. The summed E-state index contributed by atoms with van der Waals surface area (Å²) in [5, 5.41) is 15.9. The molecule has 1 aliphatic rings. The summed E-state index contributed by atoms with van der Waals surface area (Å²) in [5.41, 5.74) is -1.30. The Kier molecular flexibility index (Phi) is 4.40. The second kappa shape index (κ2) is 6.47. The highest BCUT2D eigenvalue weighted by Gasteiger charge is 2.51. The number of nitrogens with zero attached hydrogens (tertiary/aromatic N) is 2. The van der Waals surface area contributed by atoms with Gasteiger partial charge in [-0.05, 0) is 12.1 Å². The molecule has 1 fully saturated rings. The molecule has 1 saturated heterocycles. The molecule has 0 saturated carbocycles. The van der Waals surface area contributed by atoms with E-state index in [4.69, 9.17) is 0 Å². The maximum Gasteiger partial charge on any atom is 0.268 e. The first-order valence-electron chi connectivity index (χ1n) is 7.37. The van der Waals surface area contributed by atoms with Crippen LogP contribution in [0.3, 0.4) is 0 Å². The summed E-state index contributed by atoms with van der Waals surface area (Å²) in [4.78, 5) is 30.3. The van der Waals surface area contributed by atoms with Gasteiger partial charge >= 0.3 is 0 Å². The molecule has 0 bridgehead atoms. The summed E-state index contributed by atoms with van der Waals surface area (Å²) in [7, 11) is 0. The van der Waals surface area contributed by atoms with Crippen molar-refractivity contribution in [3.8, 4) is 0 Å². The number of benzene rings is 1. The predicted molar refractivity (Wildman–Crippen MR) is 87.2 cm³/mol. The summed E-state index contributed by atoms with van der Waals surface area (Å²) in [5.74, 6) is -1.21. The lowest BCUT2D eigenvalue weighted by Crippen LogP contribution is -2.52. The Labute approximate surface area is 137 Å². The number of aliphatic hydroxyl groups is 1. The van der Waals surface area contributed by atoms with Crippen molar-refractivity contribution in [3.63, 3.8) is 0 Å². The molecule has 0 radical (unpaired) electrons. The molecule has 2 N–H and O–H groups in total. The average molecular weight is 331 g/mol. The van der Waals surface area contributed by atoms with Gasteiger partial charge in [-0.2, -0.15) is 0 Å². The van der Waals surface area contributed by atoms with Gasteiger partial charge in [0, 0.05) is 43.2 Å². The molecule has 0 unspecified atom stereocenters. The zero-order valence-electron chi connectivity index (χ0n) is 12.4. The average Bonchev–Trinajstić information content (AvgIpc) is 3.18. The van der Waals surface area contributed by atoms with Gasteiger partial charge in [0.05, 0.1) is 5.01 Å². The van der Waals surface area contributed by atoms with Gasteiger partial charge in [0.25, 0.3) is 11.8 Å². The van der Waals surface area contributed by atoms with Crippen LogP contribution < -0.4 is 10.2 Å². The third-order valence-electron chi connectivity index (χ3n) is 3.85. The highest BCUT2D eigenvalue weighted by Crippen LogP contribution is 2.28. The van der Waals surface area contributed by atoms with Gasteiger partial charge in [0.15, 0.2) is 0 Å². The van der Waals surface area contributed by atoms with Crippen molar-refractivity contribution in [1.82, 2.24) is 10.3 Å². The lowest BCUT2D eigenvalue weighted by Gasteiger charge is -2.21. The first-order chi connectivity index (χ1) is 11.1. The number of amides is 2. The van der Waals surface area contributed by atoms with Gasteiger partial charge in [-0.1, -0.05) is 18.2 Å². The smallest absolute Gasteiger partial charge is 0.268 e. The number of rotatable bonds is 5. The van der Waals surface area contributed by atoms with E-state index in [0.29, 0.717) is 25.2 Å². The minimum atomic E-state index is -1.99. The standard InChI is InChI=1S/C16H17N3O3S/c20-14(18-8-6-13-17-9-11-23-13)16(22)7-10-19(15(16)21)12-4-2-1-3-5-12/h1-5,9,11,22H,6-8,10H2,(H,18,20)/t16-/m0/s1. The number of hydrogen-bond donors (Lipinski definition) is 2. The highest BCUT2D eigenvalue weighted by molar-refractivity contribution is 7.09. The zero-order valence-corrected chi connectivity index (χ0v) is 13.3. The number of nitrogens with one attached hydrogen (secondary N) is 1. The first kappa shape index (κ1) is 15.6. The molecular formula is C16H17N3O3S. The van der Waals surface area contributed by atoms with E-state index in [1.807, 2.05) is 23.6 Å². The molecule has 7 heteroatoms. The van der Waals surface area contributed by atoms with E-state index in [2.05, 4.69) is 10.3 Å². The lowest BCUT2D eigenvalue weighted by molar-refractivity contribution is -0.149. The maximum absolute atomic E-state index is 12.5. The van der Waals surface area contributed by atoms with Gasteiger partial charge in [-0.15, -0.1) is 11.3 Å². The molecular weight excluding hydrogens is 314 g/mol. The molecule has 2 heterocycles. The van der Waals surface area contributed by atoms with E-state index in [0.717, 1.165) is 5.01 Å². The summed E-state index contributed by atoms with van der Waals surface area (Å²) < 4.78 is 0. The van der Waals surface area contributed by atoms with Crippen molar-refractivity contribution in [3.05, 3.63) is 46.9 Å². The maximum atomic E-state index is 12.5. The van der Waals surface area contributed by atoms with Crippen LogP contribution in [0.25, 0.3) is 0 Å². The molecule has 2 amide bonds. The molecule has 6 nitrogen and oxygen atoms in total. The van der Waals surface area contributed by atoms with Crippen LogP contribution in [0.4, 0.5) is 5.69 Å². The van der Waals surface area contributed by atoms with Crippen molar-refractivity contribution >= 4 is 28.8 Å². The molecule has 0 spiro atoms. The molecule has 3 rings (SSSR count). The summed E-state index contributed by atoms with van der Waals surface area (Å²) in [6, 6.07) is 9.04. The van der Waals surface area contributed by atoms with E-state index in [-0.39, 0.29) is 6.42 Å². The molecule has 1 aromatic heterocycles. The Morgan fingerprint density at radius 1 is 1.39 bits per heavy atom. The molecule has 1 aromatic carbocycles. The summed E-state index contributed by atoms with van der Waals surface area (Å²) in [6.45, 7) is 0.659. The fourth-order valence-electron chi connectivity index (χ4n) is 2.58. The van der Waals surface area contributed by atoms with Crippen molar-refractivity contribution in [2.45, 2.75) is 18.4 Å². The topological polar surface area (TPSA) is 82.5 Å². The molecule has 23 heavy (non-hydrogen) atoms. The van der Waals surface area contributed by atoms with Gasteiger partial charge in [0.1, 0.15) is 0 Å². The van der Waals surface area contributed by atoms with Crippen molar-refractivity contribution in [1.29, 1.82) is 0 Å². The Bertz CT molecular complexity index is 690. The normalized spacial score (nSPS) is 20.7. The number of para-hydroxylation sites is 1. The number of hydrogen-bond acceptors (Lipinski definition) is 5. The minimum absolute atomic E-state index is 0.0871. The second-order valence-corrected chi connectivity index (χ2v) is 6.31. The van der Waals surface area contributed by atoms with Crippen LogP contribution in [0.1, 0.15) is 11.4 Å². The fraction of sp³-hybridized carbons (Fsp3) is 0.312. The fourth-order valence-corrected chi connectivity index (χ4v) is 3.20. The Morgan fingerprint density at radius 3 is 2.87 bits per heavy atom. The van der Waals surface area contributed by atoms with Crippen LogP contribution in [-0.4, -0.2) is 40.6 Å². The van der Waals surface area contributed by atoms with Crippen molar-refractivity contribution in [2.24, 2.45) is 0 Å². The minimum Gasteiger partial charge on any atom is -0.372 e. The molecule has 120 valence electrons. The third kappa shape index (κ3) is 3.11. The Morgan fingerprint density at radius 2 is 2.17 bits per heavy atom. The van der Waals surface area contributed by atoms with Gasteiger partial charge < -0.3 is 15.3 Å². The van der Waals surface area contributed by atoms with Crippen LogP contribution in [0, 0.1) is 0 Å². The van der Waals surface area contributed by atoms with Crippen LogP contribution in [-0.2, 0) is 16.0 Å². The largest absolute Gasteiger partial charge is 0.372 e. The molecule has 2 aromatic rings. The quantitative estimate of drug-likeness (QED) is 0.800. The third-order valence-corrected chi connectivity index (χ3v) is 4.69.